The van der Waals surface area contributed by atoms with Gasteiger partial charge in [0.05, 0.1) is 29.0 Å². The molecule has 2 aromatic heterocycles. The second-order valence-electron chi connectivity index (χ2n) is 9.52. The number of anilines is 1. The van der Waals surface area contributed by atoms with Crippen LogP contribution >= 0.6 is 0 Å². The van der Waals surface area contributed by atoms with E-state index in [4.69, 9.17) is 8.85 Å². The van der Waals surface area contributed by atoms with Crippen molar-refractivity contribution in [3.63, 3.8) is 0 Å². The lowest BCUT2D eigenvalue weighted by Gasteiger charge is -2.51. The van der Waals surface area contributed by atoms with E-state index in [1.54, 1.807) is 24.1 Å². The van der Waals surface area contributed by atoms with E-state index < -0.39 is 25.0 Å². The number of nitrogens with one attached hydrogen (secondary N) is 1. The van der Waals surface area contributed by atoms with Gasteiger partial charge in [0.2, 0.25) is 11.8 Å². The number of phenols is 1. The summed E-state index contributed by atoms with van der Waals surface area (Å²) in [6.07, 6.45) is 3.91. The molecule has 184 valence electrons. The summed E-state index contributed by atoms with van der Waals surface area (Å²) in [5, 5.41) is 22.5. The summed E-state index contributed by atoms with van der Waals surface area (Å²) < 4.78 is 55.5. The van der Waals surface area contributed by atoms with E-state index in [1.807, 2.05) is 0 Å². The van der Waals surface area contributed by atoms with Crippen LogP contribution in [0.1, 0.15) is 36.7 Å². The minimum absolute atomic E-state index is 0.115. The number of hydrogen-bond donors (Lipinski definition) is 2. The van der Waals surface area contributed by atoms with Gasteiger partial charge in [0, 0.05) is 30.8 Å². The number of alkyl halides is 1. The molecule has 0 unspecified atom stereocenters. The summed E-state index contributed by atoms with van der Waals surface area (Å²) in [6.45, 7) is 2.13. The molecule has 2 aliphatic heterocycles. The molecular formula is C25H28F2N6O2. The Balaban J connectivity index is 1.35. The van der Waals surface area contributed by atoms with Gasteiger partial charge in [-0.1, -0.05) is 6.07 Å². The van der Waals surface area contributed by atoms with Crippen molar-refractivity contribution in [1.82, 2.24) is 25.5 Å². The maximum Gasteiger partial charge on any atom is 0.216 e. The molecule has 5 rings (SSSR count). The first-order chi connectivity index (χ1) is 17.9. The normalized spacial score (nSPS) is 27.4. The molecule has 8 nitrogen and oxygen atoms in total. The van der Waals surface area contributed by atoms with E-state index in [2.05, 4.69) is 32.4 Å². The largest absolute Gasteiger partial charge is 0.507 e. The second-order valence-corrected chi connectivity index (χ2v) is 9.52. The number of fused-ring (bicyclic) bond motifs is 2. The Labute approximate surface area is 206 Å². The number of nitrogens with zero attached hydrogens (tertiary/aromatic N) is 5. The average Bonchev–Trinajstić information content (AvgIpc) is 2.84. The highest BCUT2D eigenvalue weighted by Crippen LogP contribution is 2.38. The minimum atomic E-state index is -2.79. The summed E-state index contributed by atoms with van der Waals surface area (Å²) in [5.41, 5.74) is 0.828. The Kier molecular flexibility index (Phi) is 5.10. The third-order valence-corrected chi connectivity index (χ3v) is 7.04. The van der Waals surface area contributed by atoms with Crippen LogP contribution in [0.5, 0.6) is 11.6 Å². The summed E-state index contributed by atoms with van der Waals surface area (Å²) in [6, 6.07) is 6.32. The molecule has 0 amide bonds. The smallest absolute Gasteiger partial charge is 0.216 e. The summed E-state index contributed by atoms with van der Waals surface area (Å²) in [4.78, 5) is 9.57. The van der Waals surface area contributed by atoms with Gasteiger partial charge >= 0.3 is 0 Å². The van der Waals surface area contributed by atoms with Crippen molar-refractivity contribution in [1.29, 1.82) is 0 Å². The van der Waals surface area contributed by atoms with Crippen molar-refractivity contribution in [3.05, 3.63) is 42.5 Å². The molecular weight excluding hydrogens is 454 g/mol. The van der Waals surface area contributed by atoms with Crippen LogP contribution in [0.2, 0.25) is 0 Å². The predicted molar refractivity (Wildman–Crippen MR) is 128 cm³/mol. The molecule has 4 heterocycles. The monoisotopic (exact) mass is 485 g/mol. The number of pyridine rings is 1. The zero-order chi connectivity index (χ0) is 27.2. The third kappa shape index (κ3) is 4.50. The molecule has 0 aliphatic carbocycles. The van der Waals surface area contributed by atoms with Gasteiger partial charge < -0.3 is 20.1 Å². The Hall–Kier alpha value is -3.40. The summed E-state index contributed by atoms with van der Waals surface area (Å²) in [7, 11) is -0.998. The van der Waals surface area contributed by atoms with Crippen molar-refractivity contribution in [2.75, 3.05) is 19.0 Å². The second kappa shape index (κ2) is 8.99. The molecule has 2 saturated heterocycles. The highest BCUT2D eigenvalue weighted by Gasteiger charge is 2.47. The van der Waals surface area contributed by atoms with Crippen LogP contribution in [0.4, 0.5) is 14.6 Å². The Morgan fingerprint density at radius 2 is 2.11 bits per heavy atom. The first kappa shape index (κ1) is 19.9. The van der Waals surface area contributed by atoms with Gasteiger partial charge in [-0.15, -0.1) is 10.2 Å². The number of halogens is 2. The zero-order valence-electron chi connectivity index (χ0n) is 22.4. The number of rotatable bonds is 5. The number of hydrogen-bond acceptors (Lipinski definition) is 8. The molecule has 0 spiro atoms. The van der Waals surface area contributed by atoms with Gasteiger partial charge in [0.15, 0.2) is 11.6 Å². The lowest BCUT2D eigenvalue weighted by atomic mass is 9.74. The molecule has 2 fully saturated rings. The van der Waals surface area contributed by atoms with Crippen LogP contribution in [0.3, 0.4) is 0 Å². The number of ether oxygens (including phenoxy) is 1. The maximum absolute atomic E-state index is 15.3. The van der Waals surface area contributed by atoms with Gasteiger partial charge in [-0.3, -0.25) is 0 Å². The molecule has 2 aliphatic rings. The number of piperidine rings is 2. The lowest BCUT2D eigenvalue weighted by molar-refractivity contribution is 0.0607. The molecule has 4 atom stereocenters. The molecule has 0 saturated carbocycles. The van der Waals surface area contributed by atoms with Crippen molar-refractivity contribution >= 4 is 5.82 Å². The van der Waals surface area contributed by atoms with Crippen molar-refractivity contribution < 1.29 is 22.7 Å². The minimum Gasteiger partial charge on any atom is -0.507 e. The summed E-state index contributed by atoms with van der Waals surface area (Å²) in [5.74, 6) is -0.944. The van der Waals surface area contributed by atoms with Crippen molar-refractivity contribution in [2.45, 2.75) is 56.4 Å². The van der Waals surface area contributed by atoms with Crippen LogP contribution < -0.4 is 15.0 Å². The van der Waals surface area contributed by atoms with Gasteiger partial charge in [-0.2, -0.15) is 9.37 Å². The molecule has 10 heteroatoms. The van der Waals surface area contributed by atoms with Gasteiger partial charge in [0.25, 0.3) is 0 Å². The summed E-state index contributed by atoms with van der Waals surface area (Å²) >= 11 is 0. The van der Waals surface area contributed by atoms with E-state index in [0.29, 0.717) is 17.8 Å². The van der Waals surface area contributed by atoms with Crippen LogP contribution in [0.25, 0.3) is 22.5 Å². The highest BCUT2D eigenvalue weighted by atomic mass is 19.1. The first-order valence-electron chi connectivity index (χ1n) is 13.0. The Bertz CT molecular complexity index is 1330. The molecule has 3 aromatic rings. The fourth-order valence-electron chi connectivity index (χ4n) is 5.21. The average molecular weight is 486 g/mol. The quantitative estimate of drug-likeness (QED) is 0.526. The number of aromatic hydroxyl groups is 1. The van der Waals surface area contributed by atoms with E-state index in [0.717, 1.165) is 25.3 Å². The van der Waals surface area contributed by atoms with Crippen molar-refractivity contribution in [2.24, 2.45) is 0 Å². The van der Waals surface area contributed by atoms with Crippen LogP contribution in [-0.4, -0.2) is 63.2 Å². The van der Waals surface area contributed by atoms with Crippen LogP contribution in [0.15, 0.2) is 36.5 Å². The van der Waals surface area contributed by atoms with E-state index in [-0.39, 0.29) is 40.3 Å². The van der Waals surface area contributed by atoms with E-state index in [9.17, 15) is 9.50 Å². The van der Waals surface area contributed by atoms with Crippen LogP contribution in [0, 0.1) is 5.95 Å². The van der Waals surface area contributed by atoms with E-state index in [1.165, 1.54) is 18.3 Å². The zero-order valence-corrected chi connectivity index (χ0v) is 19.4. The molecule has 2 bridgehead atoms. The Morgan fingerprint density at radius 3 is 2.86 bits per heavy atom. The van der Waals surface area contributed by atoms with Crippen LogP contribution in [-0.2, 0) is 0 Å². The van der Waals surface area contributed by atoms with Gasteiger partial charge in [-0.25, -0.2) is 9.37 Å². The lowest BCUT2D eigenvalue weighted by Crippen LogP contribution is -2.66. The number of benzene rings is 1. The SMILES string of the molecule is [2H]C([2H])([2H])Oc1cc(-c2ccc(-c3ncc(N(C)[C@@H]4C[C@@]5(C)CCC[C@H](N5)[C@@H]4F)nn3)c(O)c2)cc(F)n1. The fraction of sp³-hybridized carbons (Fsp3) is 0.440. The van der Waals surface area contributed by atoms with Crippen molar-refractivity contribution in [3.8, 4) is 34.1 Å². The highest BCUT2D eigenvalue weighted by molar-refractivity contribution is 5.73. The third-order valence-electron chi connectivity index (χ3n) is 7.04. The predicted octanol–water partition coefficient (Wildman–Crippen LogP) is 3.90. The maximum atomic E-state index is 15.3. The number of phenolic OH excluding ortho intramolecular Hbond substituents is 1. The van der Waals surface area contributed by atoms with Gasteiger partial charge in [-0.05, 0) is 55.9 Å². The number of aromatic nitrogens is 4. The first-order valence-corrected chi connectivity index (χ1v) is 11.5. The van der Waals surface area contributed by atoms with Gasteiger partial charge in [0.1, 0.15) is 11.9 Å². The Morgan fingerprint density at radius 1 is 1.26 bits per heavy atom. The molecule has 35 heavy (non-hydrogen) atoms. The molecule has 0 radical (unpaired) electrons. The fourth-order valence-corrected chi connectivity index (χ4v) is 5.21. The molecule has 2 N–H and O–H groups in total. The topological polar surface area (TPSA) is 96.3 Å². The number of methoxy groups -OCH3 is 1. The standard InChI is InChI=1S/C25H28F2N6O2/c1-25-8-4-5-17(30-25)23(27)18(12-25)33(2)21-13-28-24(32-31-21)16-7-6-14(9-19(16)34)15-10-20(26)29-22(11-15)35-3/h6-7,9-11,13,17-18,23,30,34H,4-5,8,12H2,1-3H3/t17-,18+,23-,25+/m0/s1/i3D3. The molecule has 1 aromatic carbocycles. The van der Waals surface area contributed by atoms with E-state index >= 15 is 4.39 Å².